The fourth-order valence-electron chi connectivity index (χ4n) is 4.30. The van der Waals surface area contributed by atoms with Gasteiger partial charge >= 0.3 is 16.4 Å². The lowest BCUT2D eigenvalue weighted by Gasteiger charge is -2.22. The molecule has 5 nitrogen and oxygen atoms in total. The molecule has 6 heteroatoms. The van der Waals surface area contributed by atoms with Crippen LogP contribution in [0.25, 0.3) is 0 Å². The molecule has 0 aliphatic heterocycles. The van der Waals surface area contributed by atoms with Gasteiger partial charge in [0.05, 0.1) is 6.42 Å². The van der Waals surface area contributed by atoms with Crippen molar-refractivity contribution in [1.29, 1.82) is 0 Å². The highest BCUT2D eigenvalue weighted by Gasteiger charge is 2.27. The van der Waals surface area contributed by atoms with Gasteiger partial charge in [-0.1, -0.05) is 99.6 Å². The zero-order valence-corrected chi connectivity index (χ0v) is 23.7. The molecule has 0 fully saturated rings. The Hall–Kier alpha value is -2.34. The number of rotatable bonds is 10. The summed E-state index contributed by atoms with van der Waals surface area (Å²) in [5, 5.41) is 0. The van der Waals surface area contributed by atoms with Crippen LogP contribution in [0.15, 0.2) is 30.3 Å². The third-order valence-corrected chi connectivity index (χ3v) is 7.03. The van der Waals surface area contributed by atoms with Gasteiger partial charge in [-0.2, -0.15) is 0 Å². The summed E-state index contributed by atoms with van der Waals surface area (Å²) in [5.41, 5.74) is 5.64. The largest absolute Gasteiger partial charge is 0.503 e. The predicted octanol–water partition coefficient (Wildman–Crippen LogP) is 7.71. The standard InChI is InChI=1S/C29H42O5S/c1-17(2)22-14-25(20(7)8)27(26(15-22)21(9)10)16-28(30)33-35(31,32)34-29-23(18(3)4)12-11-13-24(29)19(5)6/h11-15,17-21H,16H2,1-10H3. The molecule has 194 valence electrons. The van der Waals surface area contributed by atoms with Crippen LogP contribution in [0, 0.1) is 0 Å². The Morgan fingerprint density at radius 1 is 0.714 bits per heavy atom. The molecule has 0 radical (unpaired) electrons. The smallest absolute Gasteiger partial charge is 0.352 e. The highest BCUT2D eigenvalue weighted by molar-refractivity contribution is 7.82. The number of para-hydroxylation sites is 1. The first-order valence-corrected chi connectivity index (χ1v) is 13.9. The first kappa shape index (κ1) is 28.9. The van der Waals surface area contributed by atoms with E-state index in [2.05, 4.69) is 53.7 Å². The molecule has 0 unspecified atom stereocenters. The van der Waals surface area contributed by atoms with Gasteiger partial charge < -0.3 is 8.37 Å². The Balaban J connectivity index is 2.40. The average Bonchev–Trinajstić information content (AvgIpc) is 2.72. The summed E-state index contributed by atoms with van der Waals surface area (Å²) in [4.78, 5) is 12.9. The number of hydrogen-bond donors (Lipinski definition) is 0. The van der Waals surface area contributed by atoms with Crippen molar-refractivity contribution in [1.82, 2.24) is 0 Å². The number of benzene rings is 2. The second kappa shape index (κ2) is 11.6. The lowest BCUT2D eigenvalue weighted by molar-refractivity contribution is -0.133. The minimum atomic E-state index is -4.60. The van der Waals surface area contributed by atoms with Gasteiger partial charge in [-0.3, -0.25) is 4.79 Å². The summed E-state index contributed by atoms with van der Waals surface area (Å²) >= 11 is 0. The van der Waals surface area contributed by atoms with Crippen molar-refractivity contribution >= 4 is 16.4 Å². The number of carbonyl (C=O) groups is 1. The van der Waals surface area contributed by atoms with Crippen LogP contribution >= 0.6 is 0 Å². The summed E-state index contributed by atoms with van der Waals surface area (Å²) < 4.78 is 36.1. The van der Waals surface area contributed by atoms with Crippen LogP contribution in [0.5, 0.6) is 5.75 Å². The molecule has 0 bridgehead atoms. The molecule has 0 aliphatic carbocycles. The minimum absolute atomic E-state index is 0.0382. The summed E-state index contributed by atoms with van der Waals surface area (Å²) in [6.07, 6.45) is -0.134. The van der Waals surface area contributed by atoms with Gasteiger partial charge in [0, 0.05) is 0 Å². The van der Waals surface area contributed by atoms with Crippen LogP contribution in [0.3, 0.4) is 0 Å². The van der Waals surface area contributed by atoms with Crippen molar-refractivity contribution in [2.45, 2.75) is 105 Å². The number of hydrogen-bond acceptors (Lipinski definition) is 5. The zero-order chi connectivity index (χ0) is 26.7. The SMILES string of the molecule is CC(C)c1cc(C(C)C)c(CC(=O)OS(=O)(=O)Oc2c(C(C)C)cccc2C(C)C)c(C(C)C)c1. The van der Waals surface area contributed by atoms with E-state index in [4.69, 9.17) is 8.37 Å². The molecule has 2 aromatic carbocycles. The fourth-order valence-corrected chi connectivity index (χ4v) is 5.01. The van der Waals surface area contributed by atoms with Crippen LogP contribution in [0.1, 0.15) is 132 Å². The van der Waals surface area contributed by atoms with Crippen molar-refractivity contribution in [3.8, 4) is 5.75 Å². The second-order valence-electron chi connectivity index (χ2n) is 10.8. The van der Waals surface area contributed by atoms with Crippen LogP contribution in [0.4, 0.5) is 0 Å². The molecule has 0 saturated heterocycles. The molecule has 0 N–H and O–H groups in total. The van der Waals surface area contributed by atoms with E-state index in [9.17, 15) is 13.2 Å². The molecule has 0 atom stereocenters. The third-order valence-electron chi connectivity index (χ3n) is 6.27. The van der Waals surface area contributed by atoms with Crippen molar-refractivity contribution in [3.05, 3.63) is 63.7 Å². The molecular weight excluding hydrogens is 460 g/mol. The van der Waals surface area contributed by atoms with Gasteiger partial charge in [-0.05, 0) is 63.0 Å². The van der Waals surface area contributed by atoms with E-state index in [0.717, 1.165) is 27.8 Å². The summed E-state index contributed by atoms with van der Waals surface area (Å²) in [6, 6.07) is 9.82. The monoisotopic (exact) mass is 502 g/mol. The quantitative estimate of drug-likeness (QED) is 0.333. The second-order valence-corrected chi connectivity index (χ2v) is 12.0. The molecular formula is C29H42O5S. The average molecular weight is 503 g/mol. The van der Waals surface area contributed by atoms with Gasteiger partial charge in [0.15, 0.2) is 5.75 Å². The Morgan fingerprint density at radius 2 is 1.14 bits per heavy atom. The highest BCUT2D eigenvalue weighted by atomic mass is 32.3. The van der Waals surface area contributed by atoms with Crippen LogP contribution in [-0.4, -0.2) is 14.4 Å². The van der Waals surface area contributed by atoms with E-state index in [0.29, 0.717) is 5.92 Å². The predicted molar refractivity (Wildman–Crippen MR) is 143 cm³/mol. The Bertz CT molecular complexity index is 1090. The summed E-state index contributed by atoms with van der Waals surface area (Å²) in [6.45, 7) is 20.5. The topological polar surface area (TPSA) is 69.7 Å². The van der Waals surface area contributed by atoms with Gasteiger partial charge in [0.25, 0.3) is 0 Å². The number of carbonyl (C=O) groups excluding carboxylic acids is 1. The molecule has 0 saturated carbocycles. The molecule has 0 heterocycles. The van der Waals surface area contributed by atoms with E-state index < -0.39 is 16.4 Å². The first-order chi connectivity index (χ1) is 16.1. The molecule has 0 aromatic heterocycles. The molecule has 35 heavy (non-hydrogen) atoms. The maximum Gasteiger partial charge on any atom is 0.503 e. The molecule has 0 spiro atoms. The van der Waals surface area contributed by atoms with Crippen molar-refractivity contribution in [2.75, 3.05) is 0 Å². The van der Waals surface area contributed by atoms with E-state index >= 15 is 0 Å². The van der Waals surface area contributed by atoms with E-state index in [1.165, 1.54) is 5.56 Å². The van der Waals surface area contributed by atoms with Crippen LogP contribution in [-0.2, 0) is 25.8 Å². The van der Waals surface area contributed by atoms with Gasteiger partial charge in [-0.15, -0.1) is 8.42 Å². The van der Waals surface area contributed by atoms with Gasteiger partial charge in [-0.25, -0.2) is 0 Å². The molecule has 2 aromatic rings. The highest BCUT2D eigenvalue weighted by Crippen LogP contribution is 2.36. The molecule has 0 amide bonds. The Morgan fingerprint density at radius 3 is 1.51 bits per heavy atom. The van der Waals surface area contributed by atoms with Crippen molar-refractivity contribution in [3.63, 3.8) is 0 Å². The van der Waals surface area contributed by atoms with Gasteiger partial charge in [0.2, 0.25) is 0 Å². The Kier molecular flexibility index (Phi) is 9.57. The van der Waals surface area contributed by atoms with E-state index in [1.807, 2.05) is 45.9 Å². The summed E-state index contributed by atoms with van der Waals surface area (Å²) in [5.74, 6) is 0.168. The first-order valence-electron chi connectivity index (χ1n) is 12.6. The third kappa shape index (κ3) is 7.33. The molecule has 2 rings (SSSR count). The molecule has 0 aliphatic rings. The maximum atomic E-state index is 12.9. The minimum Gasteiger partial charge on any atom is -0.352 e. The normalized spacial score (nSPS) is 12.3. The lowest BCUT2D eigenvalue weighted by atomic mass is 9.83. The maximum absolute atomic E-state index is 12.9. The van der Waals surface area contributed by atoms with Crippen molar-refractivity contribution < 1.29 is 21.6 Å². The Labute approximate surface area is 212 Å². The fraction of sp³-hybridized carbons (Fsp3) is 0.552. The summed E-state index contributed by atoms with van der Waals surface area (Å²) in [7, 11) is -4.60. The van der Waals surface area contributed by atoms with Crippen LogP contribution in [0.2, 0.25) is 0 Å². The van der Waals surface area contributed by atoms with E-state index in [1.54, 1.807) is 0 Å². The van der Waals surface area contributed by atoms with Crippen molar-refractivity contribution in [2.24, 2.45) is 0 Å². The van der Waals surface area contributed by atoms with Gasteiger partial charge in [0.1, 0.15) is 0 Å². The van der Waals surface area contributed by atoms with E-state index in [-0.39, 0.29) is 35.8 Å². The lowest BCUT2D eigenvalue weighted by Crippen LogP contribution is -2.22. The zero-order valence-electron chi connectivity index (χ0n) is 22.9. The van der Waals surface area contributed by atoms with Crippen LogP contribution < -0.4 is 4.18 Å².